The van der Waals surface area contributed by atoms with E-state index in [1.165, 1.54) is 4.90 Å². The Hall–Kier alpha value is -2.90. The molecule has 0 atom stereocenters. The molecule has 6 nitrogen and oxygen atoms in total. The van der Waals surface area contributed by atoms with Crippen LogP contribution in [0.25, 0.3) is 22.4 Å². The molecule has 7 heteroatoms. The molecule has 3 aromatic rings. The van der Waals surface area contributed by atoms with Gasteiger partial charge in [-0.15, -0.1) is 11.8 Å². The number of carbonyl (C=O) groups is 1. The Bertz CT molecular complexity index is 1150. The Morgan fingerprint density at radius 3 is 2.35 bits per heavy atom. The van der Waals surface area contributed by atoms with Crippen LogP contribution in [0.5, 0.6) is 0 Å². The Morgan fingerprint density at radius 2 is 1.71 bits per heavy atom. The maximum atomic E-state index is 13.1. The second kappa shape index (κ2) is 11.5. The van der Waals surface area contributed by atoms with Crippen LogP contribution in [0.4, 0.5) is 0 Å². The van der Waals surface area contributed by atoms with Crippen molar-refractivity contribution >= 4 is 17.7 Å². The van der Waals surface area contributed by atoms with E-state index in [4.69, 9.17) is 14.9 Å². The topological polar surface area (TPSA) is 81.4 Å². The summed E-state index contributed by atoms with van der Waals surface area (Å²) in [6.07, 6.45) is 5.96. The molecule has 34 heavy (non-hydrogen) atoms. The second-order valence-electron chi connectivity index (χ2n) is 8.82. The Labute approximate surface area is 204 Å². The summed E-state index contributed by atoms with van der Waals surface area (Å²) in [5.41, 5.74) is 3.54. The first kappa shape index (κ1) is 24.2. The fraction of sp³-hybridized carbons (Fsp3) is 0.370. The lowest BCUT2D eigenvalue weighted by Crippen LogP contribution is -2.29. The van der Waals surface area contributed by atoms with Gasteiger partial charge in [0.2, 0.25) is 0 Å². The molecule has 0 aliphatic heterocycles. The van der Waals surface area contributed by atoms with Crippen molar-refractivity contribution in [2.75, 3.05) is 19.5 Å². The number of carboxylic acids is 1. The monoisotopic (exact) mass is 478 g/mol. The first-order valence-electron chi connectivity index (χ1n) is 11.6. The zero-order valence-corrected chi connectivity index (χ0v) is 20.2. The van der Waals surface area contributed by atoms with Crippen molar-refractivity contribution in [2.24, 2.45) is 11.8 Å². The molecule has 0 radical (unpaired) electrons. The number of ether oxygens (including phenoxy) is 1. The van der Waals surface area contributed by atoms with Crippen molar-refractivity contribution in [2.45, 2.75) is 37.1 Å². The Morgan fingerprint density at radius 1 is 1.03 bits per heavy atom. The fourth-order valence-electron chi connectivity index (χ4n) is 4.56. The summed E-state index contributed by atoms with van der Waals surface area (Å²) in [7, 11) is 0. The Kier molecular flexibility index (Phi) is 8.19. The van der Waals surface area contributed by atoms with Crippen LogP contribution < -0.4 is 5.56 Å². The zero-order valence-electron chi connectivity index (χ0n) is 19.4. The highest BCUT2D eigenvalue weighted by Gasteiger charge is 2.23. The largest absolute Gasteiger partial charge is 0.480 e. The third kappa shape index (κ3) is 6.15. The molecule has 4 rings (SSSR count). The molecule has 1 aliphatic rings. The van der Waals surface area contributed by atoms with Gasteiger partial charge in [-0.3, -0.25) is 4.79 Å². The highest BCUT2D eigenvalue weighted by atomic mass is 32.2. The van der Waals surface area contributed by atoms with Crippen LogP contribution >= 0.6 is 11.8 Å². The van der Waals surface area contributed by atoms with Gasteiger partial charge < -0.3 is 9.84 Å². The minimum absolute atomic E-state index is 0.0877. The number of thioether (sulfide) groups is 1. The van der Waals surface area contributed by atoms with Gasteiger partial charge in [-0.25, -0.2) is 9.48 Å². The van der Waals surface area contributed by atoms with E-state index in [0.29, 0.717) is 25.0 Å². The van der Waals surface area contributed by atoms with E-state index in [-0.39, 0.29) is 12.2 Å². The van der Waals surface area contributed by atoms with Crippen LogP contribution in [0.15, 0.2) is 70.4 Å². The summed E-state index contributed by atoms with van der Waals surface area (Å²) in [6, 6.07) is 19.9. The molecule has 0 spiro atoms. The summed E-state index contributed by atoms with van der Waals surface area (Å²) < 4.78 is 6.90. The summed E-state index contributed by atoms with van der Waals surface area (Å²) in [5, 5.41) is 13.6. The van der Waals surface area contributed by atoms with E-state index in [0.717, 1.165) is 48.1 Å². The molecule has 1 saturated carbocycles. The van der Waals surface area contributed by atoms with Crippen LogP contribution in [-0.2, 0) is 16.1 Å². The molecule has 2 aromatic carbocycles. The summed E-state index contributed by atoms with van der Waals surface area (Å²) >= 11 is 1.69. The van der Waals surface area contributed by atoms with Gasteiger partial charge >= 0.3 is 5.97 Å². The predicted octanol–water partition coefficient (Wildman–Crippen LogP) is 5.21. The molecule has 1 fully saturated rings. The minimum Gasteiger partial charge on any atom is -0.480 e. The minimum atomic E-state index is -0.933. The van der Waals surface area contributed by atoms with E-state index >= 15 is 0 Å². The maximum absolute atomic E-state index is 13.1. The first-order chi connectivity index (χ1) is 16.5. The van der Waals surface area contributed by atoms with E-state index < -0.39 is 5.97 Å². The number of benzene rings is 2. The van der Waals surface area contributed by atoms with Gasteiger partial charge in [0.25, 0.3) is 5.56 Å². The van der Waals surface area contributed by atoms with Crippen LogP contribution in [0.3, 0.4) is 0 Å². The molecule has 1 heterocycles. The highest BCUT2D eigenvalue weighted by Crippen LogP contribution is 2.32. The quantitative estimate of drug-likeness (QED) is 0.426. The summed E-state index contributed by atoms with van der Waals surface area (Å²) in [6.45, 7) is 0.833. The molecular weight excluding hydrogens is 448 g/mol. The van der Waals surface area contributed by atoms with Crippen molar-refractivity contribution in [3.05, 3.63) is 71.0 Å². The van der Waals surface area contributed by atoms with Crippen molar-refractivity contribution in [3.8, 4) is 22.4 Å². The number of carboxylic acid groups (broad SMARTS) is 1. The molecule has 0 saturated heterocycles. The third-order valence-electron chi connectivity index (χ3n) is 6.42. The molecule has 1 N–H and O–H groups in total. The second-order valence-corrected chi connectivity index (χ2v) is 9.70. The van der Waals surface area contributed by atoms with Gasteiger partial charge in [0.1, 0.15) is 6.61 Å². The molecule has 1 aromatic heterocycles. The number of aromatic nitrogens is 2. The van der Waals surface area contributed by atoms with Gasteiger partial charge in [-0.05, 0) is 61.5 Å². The summed E-state index contributed by atoms with van der Waals surface area (Å²) in [5.74, 6) is -0.182. The highest BCUT2D eigenvalue weighted by molar-refractivity contribution is 7.98. The average Bonchev–Trinajstić information content (AvgIpc) is 2.86. The van der Waals surface area contributed by atoms with E-state index in [1.807, 2.05) is 30.3 Å². The average molecular weight is 479 g/mol. The van der Waals surface area contributed by atoms with Crippen molar-refractivity contribution < 1.29 is 14.6 Å². The normalized spacial score (nSPS) is 18.0. The van der Waals surface area contributed by atoms with Crippen LogP contribution in [0, 0.1) is 11.8 Å². The molecule has 0 unspecified atom stereocenters. The number of nitrogens with zero attached hydrogens (tertiary/aromatic N) is 2. The first-order valence-corrected chi connectivity index (χ1v) is 12.9. The number of aliphatic carboxylic acids is 1. The summed E-state index contributed by atoms with van der Waals surface area (Å²) in [4.78, 5) is 24.9. The van der Waals surface area contributed by atoms with Crippen molar-refractivity contribution in [1.29, 1.82) is 0 Å². The van der Waals surface area contributed by atoms with Crippen LogP contribution in [-0.4, -0.2) is 40.3 Å². The lowest BCUT2D eigenvalue weighted by Gasteiger charge is -2.28. The van der Waals surface area contributed by atoms with E-state index in [1.54, 1.807) is 22.5 Å². The number of rotatable bonds is 9. The molecule has 0 bridgehead atoms. The van der Waals surface area contributed by atoms with Crippen LogP contribution in [0.1, 0.15) is 25.7 Å². The van der Waals surface area contributed by atoms with Gasteiger partial charge in [-0.2, -0.15) is 5.10 Å². The fourth-order valence-corrected chi connectivity index (χ4v) is 4.97. The number of hydrogen-bond donors (Lipinski definition) is 1. The van der Waals surface area contributed by atoms with Gasteiger partial charge in [0, 0.05) is 28.6 Å². The standard InChI is InChI=1S/C27H30N2O4S/c1-34-23-13-11-22(12-14-23)27-24(21-5-3-2-4-6-21)15-25(30)29(28-27)16-19-7-9-20(10-8-19)17-33-18-26(31)32/h2-6,11-15,19-20H,7-10,16-18H2,1H3,(H,31,32)/t19-,20+. The Balaban J connectivity index is 1.54. The molecule has 178 valence electrons. The van der Waals surface area contributed by atoms with Crippen LogP contribution in [0.2, 0.25) is 0 Å². The molecule has 0 amide bonds. The SMILES string of the molecule is CSc1ccc(-c2nn(C[C@H]3CC[C@@H](COCC(=O)O)CC3)c(=O)cc2-c2ccccc2)cc1. The van der Waals surface area contributed by atoms with E-state index in [2.05, 4.69) is 30.5 Å². The lowest BCUT2D eigenvalue weighted by atomic mass is 9.82. The van der Waals surface area contributed by atoms with E-state index in [9.17, 15) is 9.59 Å². The number of hydrogen-bond acceptors (Lipinski definition) is 5. The van der Waals surface area contributed by atoms with Crippen molar-refractivity contribution in [1.82, 2.24) is 9.78 Å². The van der Waals surface area contributed by atoms with Gasteiger partial charge in [-0.1, -0.05) is 42.5 Å². The maximum Gasteiger partial charge on any atom is 0.329 e. The zero-order chi connectivity index (χ0) is 23.9. The predicted molar refractivity (Wildman–Crippen MR) is 135 cm³/mol. The third-order valence-corrected chi connectivity index (χ3v) is 7.17. The molecule has 1 aliphatic carbocycles. The smallest absolute Gasteiger partial charge is 0.329 e. The van der Waals surface area contributed by atoms with Gasteiger partial charge in [0.05, 0.1) is 12.3 Å². The molecular formula is C27H30N2O4S. The van der Waals surface area contributed by atoms with Crippen molar-refractivity contribution in [3.63, 3.8) is 0 Å². The lowest BCUT2D eigenvalue weighted by molar-refractivity contribution is -0.142. The van der Waals surface area contributed by atoms with Gasteiger partial charge in [0.15, 0.2) is 0 Å².